The highest BCUT2D eigenvalue weighted by Gasteiger charge is 2.23. The molecule has 170 valence electrons. The third-order valence-electron chi connectivity index (χ3n) is 6.31. The molecule has 0 spiro atoms. The lowest BCUT2D eigenvalue weighted by Crippen LogP contribution is -2.50. The summed E-state index contributed by atoms with van der Waals surface area (Å²) >= 11 is 0. The van der Waals surface area contributed by atoms with Crippen LogP contribution in [0.15, 0.2) is 23.3 Å². The maximum atomic E-state index is 4.86. The number of halogens is 1. The predicted octanol–water partition coefficient (Wildman–Crippen LogP) is 3.09. The molecule has 2 aromatic heterocycles. The van der Waals surface area contributed by atoms with Gasteiger partial charge >= 0.3 is 0 Å². The third-order valence-corrected chi connectivity index (χ3v) is 6.31. The van der Waals surface area contributed by atoms with E-state index in [1.165, 1.54) is 31.2 Å². The molecule has 1 saturated carbocycles. The van der Waals surface area contributed by atoms with Crippen molar-refractivity contribution < 1.29 is 0 Å². The third kappa shape index (κ3) is 6.30. The normalized spacial score (nSPS) is 18.2. The van der Waals surface area contributed by atoms with Crippen LogP contribution in [-0.4, -0.2) is 50.9 Å². The molecule has 1 aliphatic heterocycles. The number of nitrogens with zero attached hydrogens (tertiary/aromatic N) is 6. The fourth-order valence-corrected chi connectivity index (χ4v) is 4.23. The van der Waals surface area contributed by atoms with E-state index in [0.717, 1.165) is 49.4 Å². The van der Waals surface area contributed by atoms with E-state index in [-0.39, 0.29) is 24.0 Å². The SMILES string of the molecule is Cc1ccc(N2CCC(NC(=NCc3nnc(C)n3C)NC3CCCC3)CC2)nc1.I. The molecule has 0 atom stereocenters. The summed E-state index contributed by atoms with van der Waals surface area (Å²) < 4.78 is 2.00. The van der Waals surface area contributed by atoms with Crippen LogP contribution in [0.5, 0.6) is 0 Å². The minimum Gasteiger partial charge on any atom is -0.356 e. The van der Waals surface area contributed by atoms with E-state index in [4.69, 9.17) is 4.99 Å². The van der Waals surface area contributed by atoms with Gasteiger partial charge in [-0.15, -0.1) is 34.2 Å². The van der Waals surface area contributed by atoms with Crippen molar-refractivity contribution in [3.8, 4) is 0 Å². The predicted molar refractivity (Wildman–Crippen MR) is 135 cm³/mol. The standard InChI is InChI=1S/C22H34N8.HI/c1-16-8-9-20(23-14-16)30-12-10-19(11-13-30)26-22(25-18-6-4-5-7-18)24-15-21-28-27-17(2)29(21)3;/h8-9,14,18-19H,4-7,10-13,15H2,1-3H3,(H2,24,25,26);1H. The summed E-state index contributed by atoms with van der Waals surface area (Å²) in [5.41, 5.74) is 1.20. The van der Waals surface area contributed by atoms with Gasteiger partial charge in [0.2, 0.25) is 0 Å². The van der Waals surface area contributed by atoms with Gasteiger partial charge in [-0.05, 0) is 51.2 Å². The molecule has 0 aromatic carbocycles. The van der Waals surface area contributed by atoms with E-state index in [1.807, 2.05) is 24.7 Å². The van der Waals surface area contributed by atoms with Crippen molar-refractivity contribution in [2.45, 2.75) is 71.0 Å². The summed E-state index contributed by atoms with van der Waals surface area (Å²) in [5.74, 6) is 3.79. The first-order valence-electron chi connectivity index (χ1n) is 11.2. The fourth-order valence-electron chi connectivity index (χ4n) is 4.23. The van der Waals surface area contributed by atoms with E-state index in [0.29, 0.717) is 18.6 Å². The van der Waals surface area contributed by atoms with Crippen LogP contribution >= 0.6 is 24.0 Å². The lowest BCUT2D eigenvalue weighted by Gasteiger charge is -2.34. The summed E-state index contributed by atoms with van der Waals surface area (Å²) in [5, 5.41) is 15.8. The molecule has 0 unspecified atom stereocenters. The number of aromatic nitrogens is 4. The van der Waals surface area contributed by atoms with Gasteiger partial charge in [-0.25, -0.2) is 9.98 Å². The van der Waals surface area contributed by atoms with Crippen molar-refractivity contribution in [2.24, 2.45) is 12.0 Å². The van der Waals surface area contributed by atoms with Gasteiger partial charge in [0.05, 0.1) is 0 Å². The van der Waals surface area contributed by atoms with Crippen LogP contribution in [0.4, 0.5) is 5.82 Å². The van der Waals surface area contributed by atoms with Crippen LogP contribution in [0, 0.1) is 13.8 Å². The molecular formula is C22H35IN8. The van der Waals surface area contributed by atoms with E-state index < -0.39 is 0 Å². The molecule has 1 aliphatic carbocycles. The largest absolute Gasteiger partial charge is 0.356 e. The van der Waals surface area contributed by atoms with Gasteiger partial charge in [0.25, 0.3) is 0 Å². The first-order chi connectivity index (χ1) is 14.6. The van der Waals surface area contributed by atoms with Gasteiger partial charge in [0.15, 0.2) is 11.8 Å². The molecule has 0 bridgehead atoms. The van der Waals surface area contributed by atoms with Gasteiger partial charge in [0, 0.05) is 38.4 Å². The zero-order chi connectivity index (χ0) is 20.9. The van der Waals surface area contributed by atoms with Crippen molar-refractivity contribution >= 4 is 35.8 Å². The fraction of sp³-hybridized carbons (Fsp3) is 0.636. The Morgan fingerprint density at radius 3 is 2.29 bits per heavy atom. The number of piperidine rings is 1. The Kier molecular flexibility index (Phi) is 8.50. The van der Waals surface area contributed by atoms with E-state index in [1.54, 1.807) is 0 Å². The van der Waals surface area contributed by atoms with E-state index in [2.05, 4.69) is 49.8 Å². The second kappa shape index (κ2) is 11.1. The highest BCUT2D eigenvalue weighted by atomic mass is 127. The first-order valence-corrected chi connectivity index (χ1v) is 11.2. The number of pyridine rings is 1. The van der Waals surface area contributed by atoms with Crippen molar-refractivity contribution in [1.82, 2.24) is 30.4 Å². The summed E-state index contributed by atoms with van der Waals surface area (Å²) in [6, 6.07) is 5.20. The van der Waals surface area contributed by atoms with Crippen molar-refractivity contribution in [3.05, 3.63) is 35.5 Å². The van der Waals surface area contributed by atoms with Crippen LogP contribution in [0.25, 0.3) is 0 Å². The topological polar surface area (TPSA) is 83.3 Å². The van der Waals surface area contributed by atoms with Crippen LogP contribution in [0.2, 0.25) is 0 Å². The lowest BCUT2D eigenvalue weighted by molar-refractivity contribution is 0.454. The summed E-state index contributed by atoms with van der Waals surface area (Å²) in [4.78, 5) is 11.8. The molecule has 31 heavy (non-hydrogen) atoms. The Balaban J connectivity index is 0.00000272. The minimum absolute atomic E-state index is 0. The van der Waals surface area contributed by atoms with Crippen LogP contribution in [0.3, 0.4) is 0 Å². The molecule has 3 heterocycles. The monoisotopic (exact) mass is 538 g/mol. The van der Waals surface area contributed by atoms with Crippen molar-refractivity contribution in [2.75, 3.05) is 18.0 Å². The summed E-state index contributed by atoms with van der Waals surface area (Å²) in [6.45, 7) is 6.59. The summed E-state index contributed by atoms with van der Waals surface area (Å²) in [6.07, 6.45) is 9.14. The maximum absolute atomic E-state index is 4.86. The number of nitrogens with one attached hydrogen (secondary N) is 2. The Bertz CT molecular complexity index is 849. The maximum Gasteiger partial charge on any atom is 0.192 e. The molecule has 2 aliphatic rings. The van der Waals surface area contributed by atoms with Gasteiger partial charge in [-0.1, -0.05) is 18.9 Å². The molecule has 0 radical (unpaired) electrons. The summed E-state index contributed by atoms with van der Waals surface area (Å²) in [7, 11) is 1.99. The van der Waals surface area contributed by atoms with Gasteiger partial charge in [-0.2, -0.15) is 0 Å². The van der Waals surface area contributed by atoms with Gasteiger partial charge in [0.1, 0.15) is 18.2 Å². The molecular weight excluding hydrogens is 503 g/mol. The first kappa shape index (κ1) is 23.7. The van der Waals surface area contributed by atoms with Crippen LogP contribution in [0.1, 0.15) is 55.7 Å². The molecule has 8 nitrogen and oxygen atoms in total. The van der Waals surface area contributed by atoms with Crippen LogP contribution in [-0.2, 0) is 13.6 Å². The quantitative estimate of drug-likeness (QED) is 0.346. The number of rotatable bonds is 5. The zero-order valence-corrected chi connectivity index (χ0v) is 21.2. The number of aryl methyl sites for hydroxylation is 2. The second-order valence-electron chi connectivity index (χ2n) is 8.61. The van der Waals surface area contributed by atoms with Crippen molar-refractivity contribution in [1.29, 1.82) is 0 Å². The molecule has 1 saturated heterocycles. The number of anilines is 1. The number of hydrogen-bond donors (Lipinski definition) is 2. The molecule has 9 heteroatoms. The second-order valence-corrected chi connectivity index (χ2v) is 8.61. The Morgan fingerprint density at radius 1 is 1.03 bits per heavy atom. The number of aliphatic imine (C=N–C) groups is 1. The minimum atomic E-state index is 0. The smallest absolute Gasteiger partial charge is 0.192 e. The lowest BCUT2D eigenvalue weighted by atomic mass is 10.1. The molecule has 2 aromatic rings. The van der Waals surface area contributed by atoms with E-state index in [9.17, 15) is 0 Å². The van der Waals surface area contributed by atoms with E-state index >= 15 is 0 Å². The average Bonchev–Trinajstić information content (AvgIpc) is 3.38. The highest BCUT2D eigenvalue weighted by molar-refractivity contribution is 14.0. The Labute approximate surface area is 202 Å². The number of guanidine groups is 1. The van der Waals surface area contributed by atoms with Crippen LogP contribution < -0.4 is 15.5 Å². The Morgan fingerprint density at radius 2 is 1.71 bits per heavy atom. The molecule has 4 rings (SSSR count). The molecule has 2 N–H and O–H groups in total. The Hall–Kier alpha value is -1.91. The van der Waals surface area contributed by atoms with Crippen molar-refractivity contribution in [3.63, 3.8) is 0 Å². The van der Waals surface area contributed by atoms with Gasteiger partial charge < -0.3 is 20.1 Å². The molecule has 2 fully saturated rings. The van der Waals surface area contributed by atoms with Gasteiger partial charge in [-0.3, -0.25) is 0 Å². The highest BCUT2D eigenvalue weighted by Crippen LogP contribution is 2.19. The zero-order valence-electron chi connectivity index (χ0n) is 18.8. The number of hydrogen-bond acceptors (Lipinski definition) is 5. The molecule has 0 amide bonds. The average molecular weight is 538 g/mol.